The number of amides is 1. The first-order valence-corrected chi connectivity index (χ1v) is 16.9. The lowest BCUT2D eigenvalue weighted by Gasteiger charge is -2.41. The van der Waals surface area contributed by atoms with Crippen molar-refractivity contribution >= 4 is 39.8 Å². The van der Waals surface area contributed by atoms with Crippen molar-refractivity contribution in [2.24, 2.45) is 0 Å². The molecule has 4 aliphatic rings. The quantitative estimate of drug-likeness (QED) is 0.222. The lowest BCUT2D eigenvalue weighted by Crippen LogP contribution is -2.57. The fourth-order valence-electron chi connectivity index (χ4n) is 8.00. The third kappa shape index (κ3) is 5.92. The number of aromatic nitrogens is 2. The van der Waals surface area contributed by atoms with Crippen molar-refractivity contribution in [2.75, 3.05) is 68.9 Å². The van der Waals surface area contributed by atoms with Gasteiger partial charge in [-0.05, 0) is 68.8 Å². The predicted molar refractivity (Wildman–Crippen MR) is 178 cm³/mol. The van der Waals surface area contributed by atoms with Crippen molar-refractivity contribution in [3.8, 4) is 6.01 Å². The summed E-state index contributed by atoms with van der Waals surface area (Å²) in [5.74, 6) is -1.87. The van der Waals surface area contributed by atoms with Crippen molar-refractivity contribution < 1.29 is 22.7 Å². The van der Waals surface area contributed by atoms with Crippen LogP contribution in [0.4, 0.5) is 24.7 Å². The van der Waals surface area contributed by atoms with E-state index in [1.54, 1.807) is 6.07 Å². The monoisotopic (exact) mass is 679 g/mol. The molecular formula is C35H37ClF3N7O2. The molecule has 1 aromatic heterocycles. The van der Waals surface area contributed by atoms with E-state index >= 15 is 0 Å². The normalized spacial score (nSPS) is 20.9. The molecule has 4 aliphatic heterocycles. The molecule has 0 saturated carbocycles. The minimum absolute atomic E-state index is 0.0147. The van der Waals surface area contributed by atoms with Crippen LogP contribution in [0.1, 0.15) is 36.9 Å². The van der Waals surface area contributed by atoms with Crippen LogP contribution in [-0.4, -0.2) is 96.4 Å². The number of nitrogens with zero attached hydrogens (tertiary/aromatic N) is 7. The third-order valence-corrected chi connectivity index (χ3v) is 10.7. The summed E-state index contributed by atoms with van der Waals surface area (Å²) in [4.78, 5) is 34.2. The summed E-state index contributed by atoms with van der Waals surface area (Å²) in [6, 6.07) is 8.52. The molecule has 2 aromatic carbocycles. The maximum absolute atomic E-state index is 14.6. The van der Waals surface area contributed by atoms with Gasteiger partial charge >= 0.3 is 6.01 Å². The number of rotatable bonds is 8. The van der Waals surface area contributed by atoms with E-state index in [-0.39, 0.29) is 36.2 Å². The second kappa shape index (κ2) is 13.4. The summed E-state index contributed by atoms with van der Waals surface area (Å²) in [6.45, 7) is 10.7. The van der Waals surface area contributed by atoms with Gasteiger partial charge in [-0.25, -0.2) is 19.7 Å². The second-order valence-electron chi connectivity index (χ2n) is 13.0. The number of ether oxygens (including phenoxy) is 1. The number of piperazine rings is 1. The second-order valence-corrected chi connectivity index (χ2v) is 13.4. The lowest BCUT2D eigenvalue weighted by molar-refractivity contribution is -0.131. The number of carbonyl (C=O) groups excluding carboxylic acids is 1. The van der Waals surface area contributed by atoms with Crippen molar-refractivity contribution in [2.45, 2.75) is 50.2 Å². The topological polar surface area (TPSA) is 69.4 Å². The van der Waals surface area contributed by atoms with E-state index in [1.807, 2.05) is 23.1 Å². The van der Waals surface area contributed by atoms with E-state index < -0.39 is 30.3 Å². The van der Waals surface area contributed by atoms with E-state index in [9.17, 15) is 18.0 Å². The average molecular weight is 680 g/mol. The number of fused-ring (bicyclic) bond motifs is 3. The smallest absolute Gasteiger partial charge is 0.318 e. The molecular weight excluding hydrogens is 643 g/mol. The van der Waals surface area contributed by atoms with Crippen LogP contribution in [-0.2, 0) is 17.8 Å². The first kappa shape index (κ1) is 32.5. The number of allylic oxidation sites excluding steroid dienone is 1. The zero-order valence-corrected chi connectivity index (χ0v) is 27.4. The van der Waals surface area contributed by atoms with Gasteiger partial charge in [-0.2, -0.15) is 9.97 Å². The fraction of sp³-hybridized carbons (Fsp3) is 0.486. The van der Waals surface area contributed by atoms with Crippen LogP contribution in [0.3, 0.4) is 0 Å². The largest absolute Gasteiger partial charge is 0.461 e. The molecule has 13 heteroatoms. The average Bonchev–Trinajstić information content (AvgIpc) is 3.69. The lowest BCUT2D eigenvalue weighted by atomic mass is 9.95. The predicted octanol–water partition coefficient (Wildman–Crippen LogP) is 5.75. The van der Waals surface area contributed by atoms with Crippen molar-refractivity contribution in [3.63, 3.8) is 0 Å². The number of carbonyl (C=O) groups is 1. The highest BCUT2D eigenvalue weighted by molar-refractivity contribution is 6.36. The van der Waals surface area contributed by atoms with Gasteiger partial charge < -0.3 is 24.3 Å². The molecule has 1 amide bonds. The van der Waals surface area contributed by atoms with Gasteiger partial charge in [0.05, 0.1) is 22.8 Å². The molecule has 48 heavy (non-hydrogen) atoms. The molecule has 7 rings (SSSR count). The molecule has 3 fully saturated rings. The molecule has 0 aliphatic carbocycles. The molecule has 3 aromatic rings. The molecule has 0 radical (unpaired) electrons. The molecule has 0 N–H and O–H groups in total. The van der Waals surface area contributed by atoms with Crippen molar-refractivity contribution in [3.05, 3.63) is 75.7 Å². The maximum Gasteiger partial charge on any atom is 0.318 e. The molecule has 0 spiro atoms. The number of halogens is 4. The first-order valence-electron chi connectivity index (χ1n) is 16.5. The Morgan fingerprint density at radius 1 is 1.10 bits per heavy atom. The minimum Gasteiger partial charge on any atom is -0.461 e. The molecule has 0 unspecified atom stereocenters. The number of hydrogen-bond acceptors (Lipinski definition) is 7. The highest BCUT2D eigenvalue weighted by Crippen LogP contribution is 2.41. The van der Waals surface area contributed by atoms with Gasteiger partial charge in [-0.15, -0.1) is 0 Å². The summed E-state index contributed by atoms with van der Waals surface area (Å²) < 4.78 is 48.2. The van der Waals surface area contributed by atoms with Crippen LogP contribution in [0.25, 0.3) is 15.6 Å². The number of benzene rings is 2. The zero-order valence-electron chi connectivity index (χ0n) is 26.6. The summed E-state index contributed by atoms with van der Waals surface area (Å²) in [7, 11) is 0. The Kier molecular flexibility index (Phi) is 9.09. The van der Waals surface area contributed by atoms with E-state index in [2.05, 4.69) is 14.6 Å². The highest BCUT2D eigenvalue weighted by Gasteiger charge is 2.45. The number of hydrogen-bond donors (Lipinski definition) is 0. The minimum atomic E-state index is -1.16. The van der Waals surface area contributed by atoms with Crippen LogP contribution >= 0.6 is 11.6 Å². The summed E-state index contributed by atoms with van der Waals surface area (Å²) in [6.07, 6.45) is 5.60. The van der Waals surface area contributed by atoms with Gasteiger partial charge in [0.1, 0.15) is 31.0 Å². The highest BCUT2D eigenvalue weighted by atomic mass is 35.5. The first-order chi connectivity index (χ1) is 23.3. The van der Waals surface area contributed by atoms with Gasteiger partial charge in [0.25, 0.3) is 5.91 Å². The van der Waals surface area contributed by atoms with Crippen LogP contribution in [0.15, 0.2) is 42.2 Å². The number of anilines is 2. The van der Waals surface area contributed by atoms with Crippen LogP contribution in [0.5, 0.6) is 6.01 Å². The standard InChI is InChI=1S/C35H37ClF3N7O2/c1-40-19-24-20-44(17-18-46(24)33(47)27(39)9-13-37)32-25-10-16-43(29-6-2-5-23-7-8-26(38)31(36)30(23)29)21-28(25)41-34(42-32)48-22-35-11-3-14-45(35)15-4-12-35/h2,5-9,24H,3-4,10-22H2/b27-9-/t24-/m0/s1. The van der Waals surface area contributed by atoms with E-state index in [0.717, 1.165) is 61.1 Å². The van der Waals surface area contributed by atoms with Gasteiger partial charge in [-0.1, -0.05) is 29.8 Å². The van der Waals surface area contributed by atoms with E-state index in [0.29, 0.717) is 49.9 Å². The van der Waals surface area contributed by atoms with Crippen LogP contribution in [0, 0.1) is 12.4 Å². The zero-order chi connectivity index (χ0) is 33.4. The van der Waals surface area contributed by atoms with E-state index in [1.165, 1.54) is 11.0 Å². The Balaban J connectivity index is 1.23. The maximum atomic E-state index is 14.6. The SMILES string of the molecule is [C-]#[N+]C[C@H]1CN(c2nc(OCC34CCCN3CCC4)nc3c2CCN(c2cccc4ccc(F)c(Cl)c24)C3)CCN1C(=O)/C(F)=C/CF. The van der Waals surface area contributed by atoms with Crippen LogP contribution < -0.4 is 14.5 Å². The fourth-order valence-corrected chi connectivity index (χ4v) is 8.27. The van der Waals surface area contributed by atoms with Crippen LogP contribution in [0.2, 0.25) is 5.02 Å². The Bertz CT molecular complexity index is 1790. The summed E-state index contributed by atoms with van der Waals surface area (Å²) in [5, 5.41) is 1.56. The number of alkyl halides is 1. The Labute approximate surface area is 282 Å². The summed E-state index contributed by atoms with van der Waals surface area (Å²) >= 11 is 6.51. The molecule has 3 saturated heterocycles. The molecule has 1 atom stereocenters. The Hall–Kier alpha value is -4.08. The van der Waals surface area contributed by atoms with Gasteiger partial charge in [-0.3, -0.25) is 9.69 Å². The van der Waals surface area contributed by atoms with Crippen molar-refractivity contribution in [1.29, 1.82) is 0 Å². The van der Waals surface area contributed by atoms with Crippen molar-refractivity contribution in [1.82, 2.24) is 19.8 Å². The molecule has 9 nitrogen and oxygen atoms in total. The van der Waals surface area contributed by atoms with E-state index in [4.69, 9.17) is 32.9 Å². The molecule has 252 valence electrons. The van der Waals surface area contributed by atoms with Gasteiger partial charge in [0.15, 0.2) is 5.83 Å². The van der Waals surface area contributed by atoms with Gasteiger partial charge in [0.2, 0.25) is 6.54 Å². The Morgan fingerprint density at radius 2 is 1.92 bits per heavy atom. The molecule has 5 heterocycles. The van der Waals surface area contributed by atoms with Gasteiger partial charge in [0, 0.05) is 42.8 Å². The summed E-state index contributed by atoms with van der Waals surface area (Å²) in [5.41, 5.74) is 2.50. The Morgan fingerprint density at radius 3 is 2.69 bits per heavy atom. The molecule has 0 bridgehead atoms. The third-order valence-electron chi connectivity index (χ3n) is 10.4.